The zero-order chi connectivity index (χ0) is 16.4. The predicted molar refractivity (Wildman–Crippen MR) is 82.5 cm³/mol. The molecule has 0 unspecified atom stereocenters. The maximum absolute atomic E-state index is 12.2. The highest BCUT2D eigenvalue weighted by atomic mass is 32.2. The number of nitrogens with zero attached hydrogens (tertiary/aromatic N) is 1. The summed E-state index contributed by atoms with van der Waals surface area (Å²) in [6.07, 6.45) is 2.95. The fourth-order valence-corrected chi connectivity index (χ4v) is 2.98. The molecule has 0 aliphatic rings. The zero-order valence-electron chi connectivity index (χ0n) is 11.7. The molecule has 0 radical (unpaired) electrons. The van der Waals surface area contributed by atoms with E-state index in [4.69, 9.17) is 4.42 Å². The van der Waals surface area contributed by atoms with Crippen LogP contribution in [0.4, 0.5) is 5.88 Å². The van der Waals surface area contributed by atoms with Crippen LogP contribution in [-0.2, 0) is 10.0 Å². The molecule has 0 amide bonds. The first-order valence-electron chi connectivity index (χ1n) is 6.52. The van der Waals surface area contributed by atoms with E-state index >= 15 is 0 Å². The number of pyridine rings is 1. The van der Waals surface area contributed by atoms with E-state index in [0.29, 0.717) is 5.56 Å². The first-order chi connectivity index (χ1) is 11.0. The van der Waals surface area contributed by atoms with Crippen molar-refractivity contribution in [3.05, 3.63) is 54.9 Å². The molecule has 0 saturated heterocycles. The SMILES string of the molecule is O=S(=O)(Nc1oc(-c2ccncc2)c(O)c1O)c1ccccc1. The van der Waals surface area contributed by atoms with Crippen LogP contribution in [0.15, 0.2) is 64.2 Å². The van der Waals surface area contributed by atoms with Crippen molar-refractivity contribution in [2.45, 2.75) is 4.90 Å². The second kappa shape index (κ2) is 5.65. The van der Waals surface area contributed by atoms with Gasteiger partial charge in [-0.2, -0.15) is 0 Å². The Balaban J connectivity index is 1.99. The summed E-state index contributed by atoms with van der Waals surface area (Å²) in [5.74, 6) is -1.76. The lowest BCUT2D eigenvalue weighted by molar-refractivity contribution is 0.410. The Morgan fingerprint density at radius 1 is 0.957 bits per heavy atom. The van der Waals surface area contributed by atoms with Crippen LogP contribution < -0.4 is 4.72 Å². The number of anilines is 1. The highest BCUT2D eigenvalue weighted by Gasteiger charge is 2.25. The summed E-state index contributed by atoms with van der Waals surface area (Å²) in [6.45, 7) is 0. The van der Waals surface area contributed by atoms with Crippen LogP contribution in [0.3, 0.4) is 0 Å². The number of hydrogen-bond donors (Lipinski definition) is 3. The number of benzene rings is 1. The third-order valence-corrected chi connectivity index (χ3v) is 4.43. The Morgan fingerprint density at radius 2 is 1.61 bits per heavy atom. The third kappa shape index (κ3) is 2.84. The minimum atomic E-state index is -3.95. The van der Waals surface area contributed by atoms with Crippen LogP contribution in [0.1, 0.15) is 0 Å². The fraction of sp³-hybridized carbons (Fsp3) is 0. The number of hydrogen-bond acceptors (Lipinski definition) is 6. The van der Waals surface area contributed by atoms with E-state index in [1.165, 1.54) is 24.5 Å². The number of aromatic nitrogens is 1. The standard InChI is InChI=1S/C15H12N2O5S/c18-12-13(19)15(22-14(12)10-6-8-16-9-7-10)17-23(20,21)11-4-2-1-3-5-11/h1-9,17-19H. The molecule has 8 heteroatoms. The minimum absolute atomic E-state index is 0.000695. The second-order valence-electron chi connectivity index (χ2n) is 4.61. The van der Waals surface area contributed by atoms with Gasteiger partial charge in [0.05, 0.1) is 4.90 Å². The van der Waals surface area contributed by atoms with Crippen molar-refractivity contribution >= 4 is 15.9 Å². The second-order valence-corrected chi connectivity index (χ2v) is 6.29. The maximum Gasteiger partial charge on any atom is 0.264 e. The largest absolute Gasteiger partial charge is 0.502 e. The van der Waals surface area contributed by atoms with Gasteiger partial charge in [-0.15, -0.1) is 0 Å². The highest BCUT2D eigenvalue weighted by molar-refractivity contribution is 7.92. The first-order valence-corrected chi connectivity index (χ1v) is 8.00. The Labute approximate surface area is 131 Å². The van der Waals surface area contributed by atoms with Gasteiger partial charge in [-0.3, -0.25) is 4.98 Å². The quantitative estimate of drug-likeness (QED) is 0.677. The van der Waals surface area contributed by atoms with Gasteiger partial charge >= 0.3 is 0 Å². The van der Waals surface area contributed by atoms with Gasteiger partial charge < -0.3 is 14.6 Å². The average Bonchev–Trinajstić information content (AvgIpc) is 2.84. The zero-order valence-corrected chi connectivity index (χ0v) is 12.5. The van der Waals surface area contributed by atoms with Gasteiger partial charge in [-0.1, -0.05) is 18.2 Å². The number of aromatic hydroxyl groups is 2. The first kappa shape index (κ1) is 14.9. The fourth-order valence-electron chi connectivity index (χ4n) is 1.96. The number of nitrogens with one attached hydrogen (secondary N) is 1. The lowest BCUT2D eigenvalue weighted by atomic mass is 10.2. The number of rotatable bonds is 4. The van der Waals surface area contributed by atoms with Gasteiger partial charge in [0.25, 0.3) is 15.9 Å². The molecule has 3 rings (SSSR count). The molecule has 3 N–H and O–H groups in total. The molecule has 3 aromatic rings. The number of furan rings is 1. The molecular weight excluding hydrogens is 320 g/mol. The summed E-state index contributed by atoms with van der Waals surface area (Å²) >= 11 is 0. The van der Waals surface area contributed by atoms with Gasteiger partial charge in [0.15, 0.2) is 5.76 Å². The van der Waals surface area contributed by atoms with Gasteiger partial charge in [0.2, 0.25) is 11.5 Å². The molecule has 0 aliphatic heterocycles. The molecule has 2 aromatic heterocycles. The Bertz CT molecular complexity index is 921. The predicted octanol–water partition coefficient (Wildman–Crippen LogP) is 2.55. The topological polar surface area (TPSA) is 113 Å². The van der Waals surface area contributed by atoms with Crippen molar-refractivity contribution in [2.75, 3.05) is 4.72 Å². The molecule has 0 fully saturated rings. The van der Waals surface area contributed by atoms with Gasteiger partial charge in [0, 0.05) is 18.0 Å². The minimum Gasteiger partial charge on any atom is -0.502 e. The molecular formula is C15H12N2O5S. The summed E-state index contributed by atoms with van der Waals surface area (Å²) in [5.41, 5.74) is 0.443. The number of sulfonamides is 1. The lowest BCUT2D eigenvalue weighted by Gasteiger charge is -2.05. The van der Waals surface area contributed by atoms with E-state index in [0.717, 1.165) is 0 Å². The average molecular weight is 332 g/mol. The van der Waals surface area contributed by atoms with Crippen LogP contribution in [0, 0.1) is 0 Å². The van der Waals surface area contributed by atoms with Crippen LogP contribution in [0.2, 0.25) is 0 Å². The van der Waals surface area contributed by atoms with Gasteiger partial charge in [0.1, 0.15) is 0 Å². The maximum atomic E-state index is 12.2. The van der Waals surface area contributed by atoms with E-state index in [1.807, 2.05) is 0 Å². The Morgan fingerprint density at radius 3 is 2.26 bits per heavy atom. The van der Waals surface area contributed by atoms with Crippen molar-refractivity contribution < 1.29 is 23.0 Å². The smallest absolute Gasteiger partial charge is 0.264 e. The van der Waals surface area contributed by atoms with Crippen molar-refractivity contribution in [3.8, 4) is 22.8 Å². The van der Waals surface area contributed by atoms with Crippen LogP contribution in [-0.4, -0.2) is 23.6 Å². The molecule has 1 aromatic carbocycles. The van der Waals surface area contributed by atoms with Crippen molar-refractivity contribution in [1.82, 2.24) is 4.98 Å². The van der Waals surface area contributed by atoms with Gasteiger partial charge in [-0.25, -0.2) is 13.1 Å². The molecule has 0 saturated carbocycles. The van der Waals surface area contributed by atoms with Crippen molar-refractivity contribution in [3.63, 3.8) is 0 Å². The highest BCUT2D eigenvalue weighted by Crippen LogP contribution is 2.45. The molecule has 23 heavy (non-hydrogen) atoms. The van der Waals surface area contributed by atoms with Crippen molar-refractivity contribution in [2.24, 2.45) is 0 Å². The molecule has 2 heterocycles. The lowest BCUT2D eigenvalue weighted by Crippen LogP contribution is -2.12. The molecule has 0 atom stereocenters. The van der Waals surface area contributed by atoms with E-state index in [-0.39, 0.29) is 10.7 Å². The van der Waals surface area contributed by atoms with Crippen LogP contribution in [0.5, 0.6) is 11.5 Å². The van der Waals surface area contributed by atoms with E-state index in [9.17, 15) is 18.6 Å². The van der Waals surface area contributed by atoms with E-state index in [1.54, 1.807) is 30.3 Å². The van der Waals surface area contributed by atoms with Crippen molar-refractivity contribution in [1.29, 1.82) is 0 Å². The monoisotopic (exact) mass is 332 g/mol. The summed E-state index contributed by atoms with van der Waals surface area (Å²) in [4.78, 5) is 3.83. The summed E-state index contributed by atoms with van der Waals surface area (Å²) in [7, 11) is -3.95. The van der Waals surface area contributed by atoms with Crippen LogP contribution >= 0.6 is 0 Å². The summed E-state index contributed by atoms with van der Waals surface area (Å²) < 4.78 is 31.9. The van der Waals surface area contributed by atoms with E-state index in [2.05, 4.69) is 9.71 Å². The Hall–Kier alpha value is -3.00. The molecule has 0 bridgehead atoms. The normalized spacial score (nSPS) is 11.3. The molecule has 0 aliphatic carbocycles. The van der Waals surface area contributed by atoms with Gasteiger partial charge in [-0.05, 0) is 24.3 Å². The third-order valence-electron chi connectivity index (χ3n) is 3.08. The molecule has 0 spiro atoms. The summed E-state index contributed by atoms with van der Waals surface area (Å²) in [5, 5.41) is 19.8. The summed E-state index contributed by atoms with van der Waals surface area (Å²) in [6, 6.07) is 10.7. The van der Waals surface area contributed by atoms with E-state index < -0.39 is 27.4 Å². The molecule has 118 valence electrons. The molecule has 7 nitrogen and oxygen atoms in total. The van der Waals surface area contributed by atoms with Crippen LogP contribution in [0.25, 0.3) is 11.3 Å². The Kier molecular flexibility index (Phi) is 3.67.